The van der Waals surface area contributed by atoms with E-state index in [0.29, 0.717) is 0 Å². The summed E-state index contributed by atoms with van der Waals surface area (Å²) in [6, 6.07) is 0. The maximum atomic E-state index is 4.50. The van der Waals surface area contributed by atoms with Crippen LogP contribution in [0.5, 0.6) is 0 Å². The van der Waals surface area contributed by atoms with Crippen LogP contribution >= 0.6 is 9.47 Å². The second-order valence-electron chi connectivity index (χ2n) is 0.311. The van der Waals surface area contributed by atoms with Crippen molar-refractivity contribution in [3.63, 3.8) is 0 Å². The van der Waals surface area contributed by atoms with Gasteiger partial charge in [0.25, 0.3) is 0 Å². The Labute approximate surface area is 41.5 Å². The fourth-order valence-corrected chi connectivity index (χ4v) is 0. The zero-order valence-electron chi connectivity index (χ0n) is 2.19. The Morgan fingerprint density at radius 3 is 2.25 bits per heavy atom. The van der Waals surface area contributed by atoms with Crippen molar-refractivity contribution in [2.75, 3.05) is 4.62 Å². The third-order valence-corrected chi connectivity index (χ3v) is 1.68. The number of hydrogen-bond acceptors (Lipinski definition) is 1. The molecule has 0 aliphatic heterocycles. The summed E-state index contributed by atoms with van der Waals surface area (Å²) < 4.78 is 5.37. The fraction of sp³-hybridized carbons (Fsp3) is 1.00. The van der Waals surface area contributed by atoms with Crippen molar-refractivity contribution in [3.8, 4) is 0 Å². The molecule has 0 heterocycles. The molecule has 1 atom stereocenters. The van der Waals surface area contributed by atoms with Gasteiger partial charge in [0.15, 0.2) is 0 Å². The summed E-state index contributed by atoms with van der Waals surface area (Å²) in [5.41, 5.74) is 0. The van der Waals surface area contributed by atoms with Gasteiger partial charge < -0.3 is 0 Å². The number of hydrogen-bond donors (Lipinski definition) is 0. The Balaban J connectivity index is 1.97. The Hall–Kier alpha value is 1.19. The van der Waals surface area contributed by atoms with Gasteiger partial charge >= 0.3 is 41.1 Å². The molecule has 0 amide bonds. The summed E-state index contributed by atoms with van der Waals surface area (Å²) in [6.07, 6.45) is 0. The summed E-state index contributed by atoms with van der Waals surface area (Å²) in [7, 11) is 2.18. The van der Waals surface area contributed by atoms with E-state index >= 15 is 0 Å². The zero-order valence-corrected chi connectivity index (χ0v) is 6.20. The molecule has 1 unspecified atom stereocenters. The maximum absolute atomic E-state index is 4.50. The van der Waals surface area contributed by atoms with Gasteiger partial charge in [-0.25, -0.2) is 0 Å². The molecule has 0 aromatic carbocycles. The second-order valence-corrected chi connectivity index (χ2v) is 1.47. The van der Waals surface area contributed by atoms with E-state index in [1.54, 1.807) is 0 Å². The van der Waals surface area contributed by atoms with Crippen molar-refractivity contribution in [1.29, 1.82) is 0 Å². The minimum absolute atomic E-state index is 0.872. The molecule has 0 rings (SSSR count). The van der Waals surface area contributed by atoms with Crippen LogP contribution in [0.1, 0.15) is 0 Å². The van der Waals surface area contributed by atoms with Crippen LogP contribution in [0.25, 0.3) is 0 Å². The van der Waals surface area contributed by atoms with Crippen molar-refractivity contribution >= 4 is 32.0 Å². The van der Waals surface area contributed by atoms with E-state index < -0.39 is 0 Å². The zero-order chi connectivity index (χ0) is 3.41. The normalized spacial score (nSPS) is 7.50. The van der Waals surface area contributed by atoms with Gasteiger partial charge in [-0.05, 0) is 0 Å². The molecule has 0 fully saturated rings. The molecule has 0 saturated carbocycles. The SMILES string of the molecule is PO[CH2][Sn]. The molecule has 1 nitrogen and oxygen atoms in total. The standard InChI is InChI=1S/CH4OP.Sn/c1-2-3;/h1,3H2;. The fourth-order valence-electron chi connectivity index (χ4n) is 0. The topological polar surface area (TPSA) is 9.23 Å². The molecule has 3 radical (unpaired) electrons. The predicted octanol–water partition coefficient (Wildman–Crippen LogP) is -0.0809. The van der Waals surface area contributed by atoms with E-state index in [2.05, 4.69) is 14.0 Å². The Morgan fingerprint density at radius 1 is 2.00 bits per heavy atom. The molecule has 0 aromatic rings. The monoisotopic (exact) mass is 183 g/mol. The summed E-state index contributed by atoms with van der Waals surface area (Å²) in [6.45, 7) is 0. The van der Waals surface area contributed by atoms with Gasteiger partial charge in [0, 0.05) is 0 Å². The summed E-state index contributed by atoms with van der Waals surface area (Å²) >= 11 is 1.43. The third-order valence-electron chi connectivity index (χ3n) is 0.0833. The third kappa shape index (κ3) is 3.19. The van der Waals surface area contributed by atoms with Crippen molar-refractivity contribution in [2.24, 2.45) is 0 Å². The average Bonchev–Trinajstić information content (AvgIpc) is 1.37. The average molecular weight is 182 g/mol. The predicted molar refractivity (Wildman–Crippen MR) is 21.4 cm³/mol. The van der Waals surface area contributed by atoms with E-state index in [0.717, 1.165) is 4.62 Å². The molecular formula is CH4OPSn. The van der Waals surface area contributed by atoms with Crippen molar-refractivity contribution in [1.82, 2.24) is 0 Å². The summed E-state index contributed by atoms with van der Waals surface area (Å²) in [5, 5.41) is 0. The van der Waals surface area contributed by atoms with Crippen LogP contribution in [-0.4, -0.2) is 27.1 Å². The summed E-state index contributed by atoms with van der Waals surface area (Å²) in [5.74, 6) is 0. The van der Waals surface area contributed by atoms with Gasteiger partial charge in [-0.15, -0.1) is 0 Å². The van der Waals surface area contributed by atoms with Crippen molar-refractivity contribution < 1.29 is 4.52 Å². The van der Waals surface area contributed by atoms with E-state index in [1.807, 2.05) is 0 Å². The van der Waals surface area contributed by atoms with E-state index in [-0.39, 0.29) is 0 Å². The van der Waals surface area contributed by atoms with Gasteiger partial charge in [-0.2, -0.15) is 0 Å². The van der Waals surface area contributed by atoms with Crippen molar-refractivity contribution in [3.05, 3.63) is 0 Å². The number of rotatable bonds is 1. The van der Waals surface area contributed by atoms with Gasteiger partial charge in [0.2, 0.25) is 0 Å². The molecule has 0 saturated heterocycles. The molecule has 0 aromatic heterocycles. The Kier molecular flexibility index (Phi) is 5.43. The van der Waals surface area contributed by atoms with Crippen LogP contribution in [0.2, 0.25) is 0 Å². The quantitative estimate of drug-likeness (QED) is 0.406. The van der Waals surface area contributed by atoms with Crippen LogP contribution in [0, 0.1) is 0 Å². The van der Waals surface area contributed by atoms with E-state index in [1.165, 1.54) is 22.5 Å². The molecular weight excluding hydrogens is 178 g/mol. The van der Waals surface area contributed by atoms with E-state index in [9.17, 15) is 0 Å². The van der Waals surface area contributed by atoms with Crippen LogP contribution in [0.15, 0.2) is 0 Å². The Bertz CT molecular complexity index is 10.0. The van der Waals surface area contributed by atoms with Gasteiger partial charge in [-0.3, -0.25) is 0 Å². The molecule has 3 heteroatoms. The molecule has 0 bridgehead atoms. The summed E-state index contributed by atoms with van der Waals surface area (Å²) in [4.78, 5) is 0. The molecule has 0 spiro atoms. The van der Waals surface area contributed by atoms with Crippen LogP contribution in [-0.2, 0) is 4.52 Å². The first-order chi connectivity index (χ1) is 1.91. The molecule has 23 valence electrons. The molecule has 4 heavy (non-hydrogen) atoms. The van der Waals surface area contributed by atoms with Crippen LogP contribution in [0.3, 0.4) is 0 Å². The van der Waals surface area contributed by atoms with Crippen LogP contribution in [0.4, 0.5) is 0 Å². The first-order valence-electron chi connectivity index (χ1n) is 0.878. The molecule has 0 aliphatic rings. The van der Waals surface area contributed by atoms with Crippen molar-refractivity contribution in [2.45, 2.75) is 0 Å². The van der Waals surface area contributed by atoms with E-state index in [4.69, 9.17) is 0 Å². The first kappa shape index (κ1) is 5.19. The van der Waals surface area contributed by atoms with Gasteiger partial charge in [0.1, 0.15) is 0 Å². The second kappa shape index (κ2) is 4.19. The first-order valence-corrected chi connectivity index (χ1v) is 3.37. The Morgan fingerprint density at radius 2 is 2.25 bits per heavy atom. The molecule has 0 N–H and O–H groups in total. The van der Waals surface area contributed by atoms with Crippen LogP contribution < -0.4 is 0 Å². The minimum atomic E-state index is 0.872. The van der Waals surface area contributed by atoms with Gasteiger partial charge in [-0.1, -0.05) is 0 Å². The van der Waals surface area contributed by atoms with Gasteiger partial charge in [0.05, 0.1) is 0 Å². The molecule has 0 aliphatic carbocycles.